The highest BCUT2D eigenvalue weighted by Crippen LogP contribution is 2.29. The molecule has 3 heterocycles. The summed E-state index contributed by atoms with van der Waals surface area (Å²) in [5.41, 5.74) is 4.76. The molecule has 3 aromatic heterocycles. The van der Waals surface area contributed by atoms with Crippen LogP contribution in [0.4, 0.5) is 0 Å². The lowest BCUT2D eigenvalue weighted by Gasteiger charge is -2.02. The number of halogens is 1. The molecule has 90 valence electrons. The molecule has 0 aliphatic heterocycles. The number of aryl methyl sites for hydroxylation is 2. The van der Waals surface area contributed by atoms with Gasteiger partial charge in [-0.05, 0) is 41.1 Å². The molecule has 18 heavy (non-hydrogen) atoms. The highest BCUT2D eigenvalue weighted by atomic mass is 79.9. The number of hydrogen-bond donors (Lipinski definition) is 0. The zero-order chi connectivity index (χ0) is 12.7. The molecular formula is C13H11BrN4. The van der Waals surface area contributed by atoms with Crippen molar-refractivity contribution in [1.29, 1.82) is 0 Å². The SMILES string of the molecule is Cc1ncc(Br)cc1-c1nn(C)c2cccnc12. The lowest BCUT2D eigenvalue weighted by Crippen LogP contribution is -1.92. The largest absolute Gasteiger partial charge is 0.266 e. The Morgan fingerprint density at radius 3 is 2.94 bits per heavy atom. The Labute approximate surface area is 113 Å². The maximum absolute atomic E-state index is 4.56. The van der Waals surface area contributed by atoms with E-state index in [2.05, 4.69) is 31.0 Å². The average Bonchev–Trinajstić information content (AvgIpc) is 2.71. The van der Waals surface area contributed by atoms with Crippen molar-refractivity contribution >= 4 is 27.0 Å². The van der Waals surface area contributed by atoms with Gasteiger partial charge in [0.1, 0.15) is 11.2 Å². The molecule has 0 saturated carbocycles. The van der Waals surface area contributed by atoms with Gasteiger partial charge in [0, 0.05) is 35.2 Å². The number of pyridine rings is 2. The summed E-state index contributed by atoms with van der Waals surface area (Å²) < 4.78 is 2.79. The molecule has 0 unspecified atom stereocenters. The Kier molecular flexibility index (Phi) is 2.63. The molecule has 0 aliphatic rings. The summed E-state index contributed by atoms with van der Waals surface area (Å²) in [6.45, 7) is 1.98. The Hall–Kier alpha value is -1.75. The maximum Gasteiger partial charge on any atom is 0.120 e. The van der Waals surface area contributed by atoms with Crippen LogP contribution >= 0.6 is 15.9 Å². The van der Waals surface area contributed by atoms with E-state index in [-0.39, 0.29) is 0 Å². The summed E-state index contributed by atoms with van der Waals surface area (Å²) in [7, 11) is 1.92. The molecule has 0 spiro atoms. The Balaban J connectivity index is 2.35. The third-order valence-electron chi connectivity index (χ3n) is 2.92. The van der Waals surface area contributed by atoms with E-state index in [1.165, 1.54) is 0 Å². The summed E-state index contributed by atoms with van der Waals surface area (Å²) in [6.07, 6.45) is 3.58. The highest BCUT2D eigenvalue weighted by Gasteiger charge is 2.14. The van der Waals surface area contributed by atoms with Crippen LogP contribution in [0.5, 0.6) is 0 Å². The number of rotatable bonds is 1. The summed E-state index contributed by atoms with van der Waals surface area (Å²) in [4.78, 5) is 8.77. The third-order valence-corrected chi connectivity index (χ3v) is 3.35. The van der Waals surface area contributed by atoms with Gasteiger partial charge in [0.2, 0.25) is 0 Å². The van der Waals surface area contributed by atoms with Crippen LogP contribution in [0.2, 0.25) is 0 Å². The van der Waals surface area contributed by atoms with Gasteiger partial charge in [0.15, 0.2) is 0 Å². The molecule has 4 nitrogen and oxygen atoms in total. The van der Waals surface area contributed by atoms with Crippen LogP contribution < -0.4 is 0 Å². The Bertz CT molecular complexity index is 733. The van der Waals surface area contributed by atoms with E-state index >= 15 is 0 Å². The molecular weight excluding hydrogens is 292 g/mol. The zero-order valence-corrected chi connectivity index (χ0v) is 11.6. The van der Waals surface area contributed by atoms with Crippen molar-refractivity contribution < 1.29 is 0 Å². The smallest absolute Gasteiger partial charge is 0.120 e. The fourth-order valence-electron chi connectivity index (χ4n) is 2.02. The summed E-state index contributed by atoms with van der Waals surface area (Å²) >= 11 is 3.45. The average molecular weight is 303 g/mol. The lowest BCUT2D eigenvalue weighted by atomic mass is 10.1. The van der Waals surface area contributed by atoms with Crippen LogP contribution in [0.1, 0.15) is 5.69 Å². The van der Waals surface area contributed by atoms with Crippen LogP contribution in [-0.2, 0) is 7.05 Å². The second-order valence-corrected chi connectivity index (χ2v) is 5.05. The molecule has 0 N–H and O–H groups in total. The first-order valence-corrected chi connectivity index (χ1v) is 6.36. The number of hydrogen-bond acceptors (Lipinski definition) is 3. The summed E-state index contributed by atoms with van der Waals surface area (Å²) in [5, 5.41) is 4.56. The van der Waals surface area contributed by atoms with Gasteiger partial charge in [-0.2, -0.15) is 5.10 Å². The molecule has 3 rings (SSSR count). The molecule has 0 saturated heterocycles. The maximum atomic E-state index is 4.56. The molecule has 0 fully saturated rings. The molecule has 0 radical (unpaired) electrons. The molecule has 0 aromatic carbocycles. The van der Waals surface area contributed by atoms with Crippen molar-refractivity contribution in [2.75, 3.05) is 0 Å². The van der Waals surface area contributed by atoms with Gasteiger partial charge in [0.25, 0.3) is 0 Å². The van der Waals surface area contributed by atoms with E-state index in [9.17, 15) is 0 Å². The van der Waals surface area contributed by atoms with E-state index in [1.807, 2.05) is 36.9 Å². The van der Waals surface area contributed by atoms with Crippen LogP contribution in [0.3, 0.4) is 0 Å². The van der Waals surface area contributed by atoms with Gasteiger partial charge < -0.3 is 0 Å². The second kappa shape index (κ2) is 4.17. The zero-order valence-electron chi connectivity index (χ0n) is 10.1. The van der Waals surface area contributed by atoms with Crippen molar-refractivity contribution in [3.63, 3.8) is 0 Å². The van der Waals surface area contributed by atoms with E-state index in [0.29, 0.717) is 0 Å². The fraction of sp³-hybridized carbons (Fsp3) is 0.154. The van der Waals surface area contributed by atoms with Gasteiger partial charge in [-0.3, -0.25) is 14.6 Å². The Morgan fingerprint density at radius 2 is 2.11 bits per heavy atom. The van der Waals surface area contributed by atoms with Crippen molar-refractivity contribution in [1.82, 2.24) is 19.7 Å². The van der Waals surface area contributed by atoms with Gasteiger partial charge in [-0.25, -0.2) is 0 Å². The van der Waals surface area contributed by atoms with E-state index in [4.69, 9.17) is 0 Å². The van der Waals surface area contributed by atoms with E-state index < -0.39 is 0 Å². The first-order valence-electron chi connectivity index (χ1n) is 5.57. The second-order valence-electron chi connectivity index (χ2n) is 4.13. The highest BCUT2D eigenvalue weighted by molar-refractivity contribution is 9.10. The molecule has 3 aromatic rings. The predicted octanol–water partition coefficient (Wildman–Crippen LogP) is 3.10. The van der Waals surface area contributed by atoms with Gasteiger partial charge in [0.05, 0.1) is 5.52 Å². The third kappa shape index (κ3) is 1.71. The van der Waals surface area contributed by atoms with E-state index in [0.717, 1.165) is 32.5 Å². The minimum atomic E-state index is 0.874. The molecule has 0 amide bonds. The fourth-order valence-corrected chi connectivity index (χ4v) is 2.35. The number of fused-ring (bicyclic) bond motifs is 1. The van der Waals surface area contributed by atoms with Crippen LogP contribution in [-0.4, -0.2) is 19.7 Å². The van der Waals surface area contributed by atoms with Crippen molar-refractivity contribution in [2.45, 2.75) is 6.92 Å². The van der Waals surface area contributed by atoms with Crippen LogP contribution in [0.15, 0.2) is 35.1 Å². The van der Waals surface area contributed by atoms with E-state index in [1.54, 1.807) is 12.4 Å². The molecule has 0 aliphatic carbocycles. The minimum Gasteiger partial charge on any atom is -0.266 e. The van der Waals surface area contributed by atoms with Crippen molar-refractivity contribution in [2.24, 2.45) is 7.05 Å². The van der Waals surface area contributed by atoms with Crippen molar-refractivity contribution in [3.8, 4) is 11.3 Å². The standard InChI is InChI=1S/C13H11BrN4/c1-8-10(6-9(14)7-16-8)12-13-11(18(2)17-12)4-3-5-15-13/h3-7H,1-2H3. The van der Waals surface area contributed by atoms with Gasteiger partial charge >= 0.3 is 0 Å². The van der Waals surface area contributed by atoms with Gasteiger partial charge in [-0.1, -0.05) is 0 Å². The van der Waals surface area contributed by atoms with Crippen LogP contribution in [0.25, 0.3) is 22.3 Å². The molecule has 0 bridgehead atoms. The number of aromatic nitrogens is 4. The molecule has 0 atom stereocenters. The minimum absolute atomic E-state index is 0.874. The monoisotopic (exact) mass is 302 g/mol. The van der Waals surface area contributed by atoms with Crippen molar-refractivity contribution in [3.05, 3.63) is 40.8 Å². The molecule has 5 heteroatoms. The van der Waals surface area contributed by atoms with Crippen LogP contribution in [0, 0.1) is 6.92 Å². The summed E-state index contributed by atoms with van der Waals surface area (Å²) in [6, 6.07) is 5.96. The predicted molar refractivity (Wildman–Crippen MR) is 74.2 cm³/mol. The topological polar surface area (TPSA) is 43.6 Å². The van der Waals surface area contributed by atoms with Gasteiger partial charge in [-0.15, -0.1) is 0 Å². The first-order chi connectivity index (χ1) is 8.66. The Morgan fingerprint density at radius 1 is 1.28 bits per heavy atom. The summed E-state index contributed by atoms with van der Waals surface area (Å²) in [5.74, 6) is 0. The normalized spacial score (nSPS) is 11.1. The number of nitrogens with zero attached hydrogens (tertiary/aromatic N) is 4. The first kappa shape index (κ1) is 11.3. The lowest BCUT2D eigenvalue weighted by molar-refractivity contribution is 0.800. The quantitative estimate of drug-likeness (QED) is 0.694.